The first-order valence-electron chi connectivity index (χ1n) is 7.89. The summed E-state index contributed by atoms with van der Waals surface area (Å²) in [4.78, 5) is 0. The molecule has 3 nitrogen and oxygen atoms in total. The van der Waals surface area contributed by atoms with E-state index in [0.29, 0.717) is 12.0 Å². The molecular formula is C17H23NO2. The van der Waals surface area contributed by atoms with Gasteiger partial charge in [0.1, 0.15) is 0 Å². The Morgan fingerprint density at radius 1 is 1.25 bits per heavy atom. The van der Waals surface area contributed by atoms with Crippen molar-refractivity contribution in [2.45, 2.75) is 43.3 Å². The molecule has 1 aliphatic carbocycles. The van der Waals surface area contributed by atoms with Crippen LogP contribution >= 0.6 is 0 Å². The van der Waals surface area contributed by atoms with Crippen LogP contribution in [0.4, 0.5) is 0 Å². The molecule has 0 amide bonds. The average Bonchev–Trinajstić information content (AvgIpc) is 2.84. The summed E-state index contributed by atoms with van der Waals surface area (Å²) in [5.41, 5.74) is 3.11. The zero-order valence-electron chi connectivity index (χ0n) is 11.9. The Bertz CT molecular complexity index is 482. The lowest BCUT2D eigenvalue weighted by Crippen LogP contribution is -2.41. The first-order chi connectivity index (χ1) is 9.85. The molecule has 20 heavy (non-hydrogen) atoms. The van der Waals surface area contributed by atoms with Crippen LogP contribution in [0.3, 0.4) is 0 Å². The van der Waals surface area contributed by atoms with Crippen molar-refractivity contribution in [2.24, 2.45) is 0 Å². The first kappa shape index (κ1) is 12.8. The van der Waals surface area contributed by atoms with Gasteiger partial charge in [0.05, 0.1) is 24.9 Å². The van der Waals surface area contributed by atoms with Gasteiger partial charge in [-0.3, -0.25) is 0 Å². The van der Waals surface area contributed by atoms with Crippen LogP contribution in [0.2, 0.25) is 0 Å². The molecule has 1 spiro atoms. The first-order valence-corrected chi connectivity index (χ1v) is 7.89. The molecule has 4 rings (SSSR count). The van der Waals surface area contributed by atoms with Gasteiger partial charge in [0, 0.05) is 12.3 Å². The van der Waals surface area contributed by atoms with Crippen molar-refractivity contribution in [1.29, 1.82) is 0 Å². The van der Waals surface area contributed by atoms with Gasteiger partial charge in [-0.15, -0.1) is 0 Å². The third kappa shape index (κ3) is 2.28. The summed E-state index contributed by atoms with van der Waals surface area (Å²) in [5, 5.41) is 3.41. The summed E-state index contributed by atoms with van der Waals surface area (Å²) in [6.07, 6.45) is 4.85. The zero-order valence-corrected chi connectivity index (χ0v) is 11.9. The maximum atomic E-state index is 6.15. The fourth-order valence-corrected chi connectivity index (χ4v) is 3.90. The summed E-state index contributed by atoms with van der Waals surface area (Å²) >= 11 is 0. The van der Waals surface area contributed by atoms with Crippen LogP contribution < -0.4 is 5.32 Å². The number of piperidine rings is 1. The molecule has 0 saturated carbocycles. The number of hydrogen-bond acceptors (Lipinski definition) is 3. The highest BCUT2D eigenvalue weighted by atomic mass is 16.6. The van der Waals surface area contributed by atoms with Gasteiger partial charge in [0.15, 0.2) is 0 Å². The Labute approximate surface area is 120 Å². The smallest absolute Gasteiger partial charge is 0.0836 e. The Morgan fingerprint density at radius 2 is 2.10 bits per heavy atom. The third-order valence-corrected chi connectivity index (χ3v) is 5.18. The van der Waals surface area contributed by atoms with Crippen molar-refractivity contribution < 1.29 is 9.47 Å². The molecule has 2 heterocycles. The molecule has 1 aromatic carbocycles. The quantitative estimate of drug-likeness (QED) is 0.916. The second-order valence-corrected chi connectivity index (χ2v) is 6.50. The molecule has 3 aliphatic rings. The highest BCUT2D eigenvalue weighted by Gasteiger charge is 2.42. The molecule has 3 heteroatoms. The number of benzene rings is 1. The Kier molecular flexibility index (Phi) is 3.29. The van der Waals surface area contributed by atoms with Gasteiger partial charge in [-0.05, 0) is 43.5 Å². The van der Waals surface area contributed by atoms with Gasteiger partial charge in [-0.25, -0.2) is 0 Å². The Morgan fingerprint density at radius 3 is 2.95 bits per heavy atom. The zero-order chi connectivity index (χ0) is 13.4. The summed E-state index contributed by atoms with van der Waals surface area (Å²) in [6.45, 7) is 3.82. The predicted octanol–water partition coefficient (Wildman–Crippen LogP) is 2.25. The molecule has 1 aromatic rings. The number of ether oxygens (including phenoxy) is 2. The van der Waals surface area contributed by atoms with E-state index >= 15 is 0 Å². The lowest BCUT2D eigenvalue weighted by Gasteiger charge is -2.33. The molecule has 2 atom stereocenters. The van der Waals surface area contributed by atoms with Crippen LogP contribution in [0.1, 0.15) is 36.3 Å². The minimum atomic E-state index is 0.118. The molecule has 2 unspecified atom stereocenters. The number of rotatable bonds is 3. The van der Waals surface area contributed by atoms with E-state index in [4.69, 9.17) is 9.47 Å². The molecule has 0 aromatic heterocycles. The number of hydrogen-bond donors (Lipinski definition) is 1. The summed E-state index contributed by atoms with van der Waals surface area (Å²) in [6, 6.07) is 8.73. The molecule has 2 fully saturated rings. The molecule has 108 valence electrons. The number of fused-ring (bicyclic) bond motifs is 1. The topological polar surface area (TPSA) is 30.5 Å². The van der Waals surface area contributed by atoms with Crippen LogP contribution in [0, 0.1) is 0 Å². The van der Waals surface area contributed by atoms with Gasteiger partial charge >= 0.3 is 0 Å². The highest BCUT2D eigenvalue weighted by molar-refractivity contribution is 5.39. The lowest BCUT2D eigenvalue weighted by molar-refractivity contribution is -0.0239. The largest absolute Gasteiger partial charge is 0.375 e. The van der Waals surface area contributed by atoms with Crippen molar-refractivity contribution in [1.82, 2.24) is 5.32 Å². The maximum Gasteiger partial charge on any atom is 0.0836 e. The Hall–Kier alpha value is -0.900. The van der Waals surface area contributed by atoms with Gasteiger partial charge in [0.25, 0.3) is 0 Å². The van der Waals surface area contributed by atoms with E-state index in [1.165, 1.54) is 17.5 Å². The highest BCUT2D eigenvalue weighted by Crippen LogP contribution is 2.38. The fourth-order valence-electron chi connectivity index (χ4n) is 3.90. The van der Waals surface area contributed by atoms with E-state index in [-0.39, 0.29) is 5.60 Å². The van der Waals surface area contributed by atoms with Crippen molar-refractivity contribution >= 4 is 0 Å². The summed E-state index contributed by atoms with van der Waals surface area (Å²) < 4.78 is 12.2. The van der Waals surface area contributed by atoms with E-state index in [1.807, 2.05) is 0 Å². The molecule has 0 bridgehead atoms. The third-order valence-electron chi connectivity index (χ3n) is 5.18. The second-order valence-electron chi connectivity index (χ2n) is 6.50. The molecule has 1 N–H and O–H groups in total. The van der Waals surface area contributed by atoms with E-state index in [1.54, 1.807) is 0 Å². The fraction of sp³-hybridized carbons (Fsp3) is 0.647. The normalized spacial score (nSPS) is 31.0. The van der Waals surface area contributed by atoms with Gasteiger partial charge in [-0.1, -0.05) is 24.3 Å². The van der Waals surface area contributed by atoms with Gasteiger partial charge < -0.3 is 14.8 Å². The van der Waals surface area contributed by atoms with Crippen LogP contribution in [0.5, 0.6) is 0 Å². The van der Waals surface area contributed by atoms with Crippen molar-refractivity contribution in [3.05, 3.63) is 35.4 Å². The van der Waals surface area contributed by atoms with Gasteiger partial charge in [-0.2, -0.15) is 0 Å². The minimum absolute atomic E-state index is 0.118. The van der Waals surface area contributed by atoms with Crippen LogP contribution in [-0.2, 0) is 15.9 Å². The summed E-state index contributed by atoms with van der Waals surface area (Å²) in [5.74, 6) is 0.607. The molecule has 0 radical (unpaired) electrons. The maximum absolute atomic E-state index is 6.15. The van der Waals surface area contributed by atoms with Gasteiger partial charge in [0.2, 0.25) is 0 Å². The lowest BCUT2D eigenvalue weighted by atomic mass is 9.78. The monoisotopic (exact) mass is 273 g/mol. The van der Waals surface area contributed by atoms with E-state index in [0.717, 1.165) is 45.6 Å². The Balaban J connectivity index is 1.29. The van der Waals surface area contributed by atoms with Crippen LogP contribution in [0.15, 0.2) is 24.3 Å². The average molecular weight is 273 g/mol. The van der Waals surface area contributed by atoms with Crippen molar-refractivity contribution in [3.63, 3.8) is 0 Å². The van der Waals surface area contributed by atoms with E-state index in [2.05, 4.69) is 29.6 Å². The molecule has 2 aliphatic heterocycles. The summed E-state index contributed by atoms with van der Waals surface area (Å²) in [7, 11) is 0. The van der Waals surface area contributed by atoms with E-state index in [9.17, 15) is 0 Å². The van der Waals surface area contributed by atoms with Crippen LogP contribution in [-0.4, -0.2) is 38.0 Å². The second kappa shape index (κ2) is 5.14. The van der Waals surface area contributed by atoms with Crippen LogP contribution in [0.25, 0.3) is 0 Å². The standard InChI is InChI=1S/C17H23NO2/c1-2-4-16-13(3-1)9-14(16)11-19-15-10-17(20-12-15)5-7-18-8-6-17/h1-4,14-15,18H,5-12H2. The SMILES string of the molecule is c1ccc2c(c1)CC2COC1COC2(CCNCC2)C1. The predicted molar refractivity (Wildman–Crippen MR) is 78.0 cm³/mol. The van der Waals surface area contributed by atoms with Crippen molar-refractivity contribution in [3.8, 4) is 0 Å². The van der Waals surface area contributed by atoms with E-state index < -0.39 is 0 Å². The van der Waals surface area contributed by atoms with Crippen molar-refractivity contribution in [2.75, 3.05) is 26.3 Å². The number of nitrogens with one attached hydrogen (secondary N) is 1. The molecular weight excluding hydrogens is 250 g/mol. The molecule has 2 saturated heterocycles. The minimum Gasteiger partial charge on any atom is -0.375 e.